The van der Waals surface area contributed by atoms with Crippen LogP contribution in [0.5, 0.6) is 0 Å². The SMILES string of the molecule is Cn1ccnc1CNc1ccc(C#N)c2ccccc12. The van der Waals surface area contributed by atoms with E-state index in [2.05, 4.69) is 16.4 Å². The lowest BCUT2D eigenvalue weighted by atomic mass is 10.0. The molecule has 0 saturated carbocycles. The summed E-state index contributed by atoms with van der Waals surface area (Å²) in [5, 5.41) is 14.6. The molecule has 3 aromatic rings. The number of aromatic nitrogens is 2. The summed E-state index contributed by atoms with van der Waals surface area (Å²) in [6.07, 6.45) is 3.71. The zero-order chi connectivity index (χ0) is 13.9. The standard InChI is InChI=1S/C16H14N4/c1-20-9-8-18-16(20)11-19-15-7-6-12(10-17)13-4-2-3-5-14(13)15/h2-9,19H,11H2,1H3. The van der Waals surface area contributed by atoms with Crippen molar-refractivity contribution in [3.63, 3.8) is 0 Å². The zero-order valence-corrected chi connectivity index (χ0v) is 11.2. The van der Waals surface area contributed by atoms with E-state index >= 15 is 0 Å². The van der Waals surface area contributed by atoms with E-state index in [-0.39, 0.29) is 0 Å². The second kappa shape index (κ2) is 5.06. The quantitative estimate of drug-likeness (QED) is 0.789. The molecule has 0 spiro atoms. The minimum Gasteiger partial charge on any atom is -0.377 e. The van der Waals surface area contributed by atoms with E-state index in [4.69, 9.17) is 5.26 Å². The van der Waals surface area contributed by atoms with E-state index in [1.165, 1.54) is 0 Å². The van der Waals surface area contributed by atoms with Crippen LogP contribution in [0.2, 0.25) is 0 Å². The normalized spacial score (nSPS) is 10.4. The Hall–Kier alpha value is -2.80. The van der Waals surface area contributed by atoms with Gasteiger partial charge in [0, 0.05) is 35.9 Å². The lowest BCUT2D eigenvalue weighted by Gasteiger charge is -2.10. The minimum absolute atomic E-state index is 0.652. The van der Waals surface area contributed by atoms with Crippen LogP contribution < -0.4 is 5.32 Å². The molecule has 0 aliphatic rings. The zero-order valence-electron chi connectivity index (χ0n) is 11.2. The lowest BCUT2D eigenvalue weighted by molar-refractivity contribution is 0.813. The highest BCUT2D eigenvalue weighted by atomic mass is 15.1. The molecule has 0 atom stereocenters. The van der Waals surface area contributed by atoms with Gasteiger partial charge in [-0.1, -0.05) is 24.3 Å². The van der Waals surface area contributed by atoms with E-state index in [9.17, 15) is 0 Å². The van der Waals surface area contributed by atoms with Gasteiger partial charge < -0.3 is 9.88 Å². The van der Waals surface area contributed by atoms with Gasteiger partial charge in [0.2, 0.25) is 0 Å². The number of nitrogens with one attached hydrogen (secondary N) is 1. The molecular weight excluding hydrogens is 248 g/mol. The maximum atomic E-state index is 9.16. The monoisotopic (exact) mass is 262 g/mol. The first kappa shape index (κ1) is 12.2. The number of hydrogen-bond donors (Lipinski definition) is 1. The predicted octanol–water partition coefficient (Wildman–Crippen LogP) is 3.06. The third kappa shape index (κ3) is 2.10. The van der Waals surface area contributed by atoms with Crippen LogP contribution in [-0.2, 0) is 13.6 Å². The van der Waals surface area contributed by atoms with Crippen LogP contribution in [0.15, 0.2) is 48.8 Å². The van der Waals surface area contributed by atoms with Crippen LogP contribution >= 0.6 is 0 Å². The fourth-order valence-electron chi connectivity index (χ4n) is 2.29. The molecule has 4 heteroatoms. The van der Waals surface area contributed by atoms with Gasteiger partial charge in [-0.3, -0.25) is 0 Å². The Kier molecular flexibility index (Phi) is 3.10. The first-order valence-corrected chi connectivity index (χ1v) is 6.41. The van der Waals surface area contributed by atoms with E-state index in [0.717, 1.165) is 22.3 Å². The van der Waals surface area contributed by atoms with Gasteiger partial charge in [0.15, 0.2) is 0 Å². The Bertz CT molecular complexity index is 796. The number of nitrogens with zero attached hydrogens (tertiary/aromatic N) is 3. The maximum absolute atomic E-state index is 9.16. The van der Waals surface area contributed by atoms with Crippen LogP contribution in [-0.4, -0.2) is 9.55 Å². The summed E-state index contributed by atoms with van der Waals surface area (Å²) in [7, 11) is 1.97. The summed E-state index contributed by atoms with van der Waals surface area (Å²) in [5.74, 6) is 0.971. The molecule has 2 aromatic carbocycles. The van der Waals surface area contributed by atoms with E-state index < -0.39 is 0 Å². The van der Waals surface area contributed by atoms with Crippen molar-refractivity contribution >= 4 is 16.5 Å². The Morgan fingerprint density at radius 3 is 2.70 bits per heavy atom. The third-order valence-electron chi connectivity index (χ3n) is 3.40. The number of imidazole rings is 1. The molecule has 4 nitrogen and oxygen atoms in total. The molecule has 0 aliphatic heterocycles. The predicted molar refractivity (Wildman–Crippen MR) is 79.2 cm³/mol. The van der Waals surface area contributed by atoms with Crippen LogP contribution in [0.3, 0.4) is 0 Å². The minimum atomic E-state index is 0.652. The highest BCUT2D eigenvalue weighted by Crippen LogP contribution is 2.26. The Balaban J connectivity index is 1.97. The second-order valence-electron chi connectivity index (χ2n) is 4.63. The van der Waals surface area contributed by atoms with Crippen molar-refractivity contribution in [2.75, 3.05) is 5.32 Å². The number of nitriles is 1. The van der Waals surface area contributed by atoms with Crippen LogP contribution in [0.25, 0.3) is 10.8 Å². The average Bonchev–Trinajstić information content (AvgIpc) is 2.90. The first-order chi connectivity index (χ1) is 9.79. The fourth-order valence-corrected chi connectivity index (χ4v) is 2.29. The van der Waals surface area contributed by atoms with Gasteiger partial charge in [0.05, 0.1) is 18.2 Å². The topological polar surface area (TPSA) is 53.6 Å². The van der Waals surface area contributed by atoms with Crippen molar-refractivity contribution in [1.29, 1.82) is 5.26 Å². The van der Waals surface area contributed by atoms with E-state index in [1.54, 1.807) is 6.20 Å². The molecular formula is C16H14N4. The molecule has 0 aliphatic carbocycles. The smallest absolute Gasteiger partial charge is 0.127 e. The Morgan fingerprint density at radius 2 is 2.00 bits per heavy atom. The summed E-state index contributed by atoms with van der Waals surface area (Å²) in [6.45, 7) is 0.652. The molecule has 0 saturated heterocycles. The molecule has 0 radical (unpaired) electrons. The molecule has 98 valence electrons. The van der Waals surface area contributed by atoms with Crippen molar-refractivity contribution < 1.29 is 0 Å². The van der Waals surface area contributed by atoms with Gasteiger partial charge in [-0.25, -0.2) is 4.98 Å². The average molecular weight is 262 g/mol. The number of aryl methyl sites for hydroxylation is 1. The van der Waals surface area contributed by atoms with Gasteiger partial charge in [-0.15, -0.1) is 0 Å². The second-order valence-corrected chi connectivity index (χ2v) is 4.63. The van der Waals surface area contributed by atoms with Gasteiger partial charge in [0.25, 0.3) is 0 Å². The fraction of sp³-hybridized carbons (Fsp3) is 0.125. The number of fused-ring (bicyclic) bond motifs is 1. The summed E-state index contributed by atoms with van der Waals surface area (Å²) in [6, 6.07) is 14.0. The molecule has 0 unspecified atom stereocenters. The molecule has 20 heavy (non-hydrogen) atoms. The molecule has 0 fully saturated rings. The third-order valence-corrected chi connectivity index (χ3v) is 3.40. The van der Waals surface area contributed by atoms with Gasteiger partial charge in [0.1, 0.15) is 5.82 Å². The maximum Gasteiger partial charge on any atom is 0.127 e. The molecule has 0 amide bonds. The van der Waals surface area contributed by atoms with E-state index in [0.29, 0.717) is 12.1 Å². The van der Waals surface area contributed by atoms with Gasteiger partial charge >= 0.3 is 0 Å². The largest absolute Gasteiger partial charge is 0.377 e. The molecule has 3 rings (SSSR count). The van der Waals surface area contributed by atoms with Crippen molar-refractivity contribution in [3.8, 4) is 6.07 Å². The van der Waals surface area contributed by atoms with Crippen LogP contribution in [0.4, 0.5) is 5.69 Å². The first-order valence-electron chi connectivity index (χ1n) is 6.41. The van der Waals surface area contributed by atoms with Crippen LogP contribution in [0, 0.1) is 11.3 Å². The number of benzene rings is 2. The van der Waals surface area contributed by atoms with Crippen molar-refractivity contribution in [3.05, 3.63) is 60.2 Å². The highest BCUT2D eigenvalue weighted by Gasteiger charge is 2.06. The Labute approximate surface area is 117 Å². The number of rotatable bonds is 3. The Morgan fingerprint density at radius 1 is 1.20 bits per heavy atom. The summed E-state index contributed by atoms with van der Waals surface area (Å²) in [5.41, 5.74) is 1.71. The molecule has 1 heterocycles. The number of hydrogen-bond acceptors (Lipinski definition) is 3. The van der Waals surface area contributed by atoms with Crippen molar-refractivity contribution in [2.24, 2.45) is 7.05 Å². The molecule has 1 aromatic heterocycles. The summed E-state index contributed by atoms with van der Waals surface area (Å²) >= 11 is 0. The van der Waals surface area contributed by atoms with Crippen molar-refractivity contribution in [1.82, 2.24) is 9.55 Å². The molecule has 0 bridgehead atoms. The summed E-state index contributed by atoms with van der Waals surface area (Å²) in [4.78, 5) is 4.29. The highest BCUT2D eigenvalue weighted by molar-refractivity contribution is 5.97. The van der Waals surface area contributed by atoms with Gasteiger partial charge in [-0.05, 0) is 12.1 Å². The van der Waals surface area contributed by atoms with Crippen LogP contribution in [0.1, 0.15) is 11.4 Å². The van der Waals surface area contributed by atoms with Gasteiger partial charge in [-0.2, -0.15) is 5.26 Å². The van der Waals surface area contributed by atoms with E-state index in [1.807, 2.05) is 54.2 Å². The number of anilines is 1. The lowest BCUT2D eigenvalue weighted by Crippen LogP contribution is -2.06. The molecule has 1 N–H and O–H groups in total. The van der Waals surface area contributed by atoms with Crippen molar-refractivity contribution in [2.45, 2.75) is 6.54 Å². The summed E-state index contributed by atoms with van der Waals surface area (Å²) < 4.78 is 1.98.